The summed E-state index contributed by atoms with van der Waals surface area (Å²) >= 11 is 0. The summed E-state index contributed by atoms with van der Waals surface area (Å²) in [5.41, 5.74) is 2.52. The van der Waals surface area contributed by atoms with Crippen LogP contribution < -0.4 is 0 Å². The maximum Gasteiger partial charge on any atom is 0.333 e. The predicted molar refractivity (Wildman–Crippen MR) is 252 cm³/mol. The van der Waals surface area contributed by atoms with Crippen LogP contribution in [0.15, 0.2) is 60.7 Å². The molecule has 1 aliphatic rings. The van der Waals surface area contributed by atoms with Gasteiger partial charge >= 0.3 is 11.9 Å². The van der Waals surface area contributed by atoms with E-state index < -0.39 is 23.8 Å². The van der Waals surface area contributed by atoms with Crippen molar-refractivity contribution >= 4 is 23.8 Å². The Morgan fingerprint density at radius 2 is 0.857 bits per heavy atom. The highest BCUT2D eigenvalue weighted by atomic mass is 16.7. The van der Waals surface area contributed by atoms with Crippen LogP contribution >= 0.6 is 0 Å². The number of amides is 2. The molecule has 0 bridgehead atoms. The number of carboxylic acids is 1. The molecule has 0 atom stereocenters. The zero-order chi connectivity index (χ0) is 47.7. The van der Waals surface area contributed by atoms with E-state index in [4.69, 9.17) is 34.0 Å². The molecule has 0 spiro atoms. The fourth-order valence-corrected chi connectivity index (χ4v) is 5.71. The number of nitrogens with zero attached hydrogens (tertiary/aromatic N) is 1. The van der Waals surface area contributed by atoms with Crippen LogP contribution in [0.25, 0.3) is 0 Å². The molecule has 12 heteroatoms. The van der Waals surface area contributed by atoms with Gasteiger partial charge < -0.3 is 34.0 Å². The molecular formula is C51H87NO11. The second-order valence-corrected chi connectivity index (χ2v) is 15.2. The summed E-state index contributed by atoms with van der Waals surface area (Å²) in [5, 5.41) is 17.6. The van der Waals surface area contributed by atoms with Crippen LogP contribution in [0.1, 0.15) is 183 Å². The number of imide groups is 1. The Labute approximate surface area is 381 Å². The van der Waals surface area contributed by atoms with E-state index in [2.05, 4.69) is 65.8 Å². The van der Waals surface area contributed by atoms with Crippen molar-refractivity contribution in [2.24, 2.45) is 0 Å². The average Bonchev–Trinajstić information content (AvgIpc) is 3.63. The molecule has 1 heterocycles. The van der Waals surface area contributed by atoms with Crippen LogP contribution in [0, 0.1) is 0 Å². The van der Waals surface area contributed by atoms with Gasteiger partial charge in [-0.1, -0.05) is 130 Å². The van der Waals surface area contributed by atoms with Crippen LogP contribution in [-0.4, -0.2) is 82.8 Å². The Morgan fingerprint density at radius 1 is 0.524 bits per heavy atom. The lowest BCUT2D eigenvalue weighted by atomic mass is 10.2. The summed E-state index contributed by atoms with van der Waals surface area (Å²) in [6.45, 7) is 23.4. The fourth-order valence-electron chi connectivity index (χ4n) is 5.71. The lowest BCUT2D eigenvalue weighted by Crippen LogP contribution is -2.32. The quantitative estimate of drug-likeness (QED) is 0.0649. The smallest absolute Gasteiger partial charge is 0.333 e. The summed E-state index contributed by atoms with van der Waals surface area (Å²) in [6.07, 6.45) is 13.1. The number of benzene rings is 2. The van der Waals surface area contributed by atoms with Crippen molar-refractivity contribution in [3.63, 3.8) is 0 Å². The second-order valence-electron chi connectivity index (χ2n) is 15.2. The number of ether oxygens (including phenoxy) is 4. The van der Waals surface area contributed by atoms with E-state index in [1.54, 1.807) is 0 Å². The van der Waals surface area contributed by atoms with Crippen LogP contribution in [0.3, 0.4) is 0 Å². The van der Waals surface area contributed by atoms with E-state index >= 15 is 0 Å². The number of hydrogen-bond donors (Lipinski definition) is 2. The molecule has 1 fully saturated rings. The Balaban J connectivity index is 0. The lowest BCUT2D eigenvalue weighted by molar-refractivity contribution is -0.197. The maximum atomic E-state index is 11.5. The molecule has 0 radical (unpaired) electrons. The van der Waals surface area contributed by atoms with Crippen LogP contribution in [0.5, 0.6) is 0 Å². The maximum absolute atomic E-state index is 11.5. The molecule has 0 aliphatic carbocycles. The van der Waals surface area contributed by atoms with Gasteiger partial charge in [0.2, 0.25) is 0 Å². The molecular weight excluding hydrogens is 803 g/mol. The highest BCUT2D eigenvalue weighted by Crippen LogP contribution is 2.14. The third-order valence-electron chi connectivity index (χ3n) is 10.2. The minimum Gasteiger partial charge on any atom is -0.481 e. The number of aliphatic carboxylic acids is 1. The molecule has 1 saturated heterocycles. The molecule has 0 saturated carbocycles. The molecule has 2 N–H and O–H groups in total. The highest BCUT2D eigenvalue weighted by molar-refractivity contribution is 6.01. The number of rotatable bonds is 27. The Bertz CT molecular complexity index is 1290. The minimum atomic E-state index is -0.747. The van der Waals surface area contributed by atoms with Gasteiger partial charge in [0, 0.05) is 32.5 Å². The number of carbonyl (C=O) groups is 4. The first-order chi connectivity index (χ1) is 30.3. The predicted octanol–water partition coefficient (Wildman–Crippen LogP) is 11.6. The summed E-state index contributed by atoms with van der Waals surface area (Å²) < 4.78 is 22.4. The molecule has 0 aromatic heterocycles. The topological polar surface area (TPSA) is 158 Å². The zero-order valence-corrected chi connectivity index (χ0v) is 40.8. The second kappa shape index (κ2) is 42.3. The standard InChI is InChI=1S/C13H21NO5.2C12H18O.C9H18O3.C5H12O/c1-3-10(4-2)18-9-5-6-13(17)19-14-11(15)7-8-12(14)16;2*1-3-12(4-2)13-10-11-8-6-5-7-9-11;1-3-8(4-2)12-7-5-6-9(10)11;1-3-5(6)4-2/h10H,3-9H2,1-2H3;2*5-9,12H,3-4,10H2,1-2H3;8H,3-7H2,1-2H3,(H,10,11);5-6H,3-4H2,1-2H3. The van der Waals surface area contributed by atoms with Crippen molar-refractivity contribution in [1.29, 1.82) is 0 Å². The van der Waals surface area contributed by atoms with E-state index in [9.17, 15) is 19.2 Å². The molecule has 2 aromatic rings. The first-order valence-corrected chi connectivity index (χ1v) is 23.8. The number of hydrogen-bond acceptors (Lipinski definition) is 10. The minimum absolute atomic E-state index is 0.0648. The van der Waals surface area contributed by atoms with Gasteiger partial charge in [0.05, 0.1) is 50.2 Å². The van der Waals surface area contributed by atoms with Crippen molar-refractivity contribution in [2.45, 2.75) is 216 Å². The molecule has 0 unspecified atom stereocenters. The van der Waals surface area contributed by atoms with Gasteiger partial charge in [0.25, 0.3) is 11.8 Å². The first kappa shape index (κ1) is 61.4. The van der Waals surface area contributed by atoms with Crippen molar-refractivity contribution in [3.05, 3.63) is 71.8 Å². The molecule has 12 nitrogen and oxygen atoms in total. The average molecular weight is 890 g/mol. The largest absolute Gasteiger partial charge is 0.481 e. The summed E-state index contributed by atoms with van der Waals surface area (Å²) in [4.78, 5) is 48.8. The molecule has 2 aromatic carbocycles. The van der Waals surface area contributed by atoms with E-state index in [1.165, 1.54) is 11.1 Å². The Hall–Kier alpha value is -3.68. The third kappa shape index (κ3) is 34.4. The molecule has 362 valence electrons. The summed E-state index contributed by atoms with van der Waals surface area (Å²) in [6, 6.07) is 20.6. The van der Waals surface area contributed by atoms with E-state index in [0.29, 0.717) is 49.4 Å². The van der Waals surface area contributed by atoms with Crippen molar-refractivity contribution < 1.29 is 53.2 Å². The monoisotopic (exact) mass is 890 g/mol. The number of carbonyl (C=O) groups excluding carboxylic acids is 3. The summed E-state index contributed by atoms with van der Waals surface area (Å²) in [5.74, 6) is -2.22. The molecule has 2 amide bonds. The third-order valence-corrected chi connectivity index (χ3v) is 10.2. The van der Waals surface area contributed by atoms with Gasteiger partial charge in [0.15, 0.2) is 0 Å². The van der Waals surface area contributed by atoms with Gasteiger partial charge in [-0.3, -0.25) is 14.4 Å². The van der Waals surface area contributed by atoms with Gasteiger partial charge in [-0.25, -0.2) is 4.79 Å². The fraction of sp³-hybridized carbons (Fsp3) is 0.686. The number of carboxylic acid groups (broad SMARTS) is 1. The van der Waals surface area contributed by atoms with Gasteiger partial charge in [-0.15, -0.1) is 5.06 Å². The normalized spacial score (nSPS) is 12.0. The van der Waals surface area contributed by atoms with Crippen LogP contribution in [-0.2, 0) is 56.2 Å². The lowest BCUT2D eigenvalue weighted by Gasteiger charge is -2.14. The Kier molecular flexibility index (Phi) is 41.2. The number of hydroxylamine groups is 2. The van der Waals surface area contributed by atoms with E-state index in [1.807, 2.05) is 64.1 Å². The SMILES string of the molecule is CCC(CC)OCCCC(=O)O.CCC(CC)OCCCC(=O)ON1C(=O)CCC1=O.CCC(CC)OCc1ccccc1.CCC(CC)OCc1ccccc1.CCC(O)CC. The van der Waals surface area contributed by atoms with Crippen molar-refractivity contribution in [1.82, 2.24) is 5.06 Å². The Morgan fingerprint density at radius 3 is 1.16 bits per heavy atom. The molecule has 1 aliphatic heterocycles. The highest BCUT2D eigenvalue weighted by Gasteiger charge is 2.32. The zero-order valence-electron chi connectivity index (χ0n) is 40.8. The summed E-state index contributed by atoms with van der Waals surface area (Å²) in [7, 11) is 0. The van der Waals surface area contributed by atoms with Crippen molar-refractivity contribution in [3.8, 4) is 0 Å². The van der Waals surface area contributed by atoms with Gasteiger partial charge in [-0.2, -0.15) is 0 Å². The van der Waals surface area contributed by atoms with E-state index in [-0.39, 0.29) is 37.9 Å². The molecule has 63 heavy (non-hydrogen) atoms. The van der Waals surface area contributed by atoms with Crippen molar-refractivity contribution in [2.75, 3.05) is 13.2 Å². The van der Waals surface area contributed by atoms with Gasteiger partial charge in [-0.05, 0) is 88.2 Å². The number of aliphatic hydroxyl groups is 1. The number of aliphatic hydroxyl groups excluding tert-OH is 1. The first-order valence-electron chi connectivity index (χ1n) is 23.8. The van der Waals surface area contributed by atoms with Crippen LogP contribution in [0.4, 0.5) is 0 Å². The molecule has 3 rings (SSSR count). The van der Waals surface area contributed by atoms with E-state index in [0.717, 1.165) is 77.4 Å². The van der Waals surface area contributed by atoms with Gasteiger partial charge in [0.1, 0.15) is 0 Å². The van der Waals surface area contributed by atoms with Crippen LogP contribution in [0.2, 0.25) is 0 Å².